The van der Waals surface area contributed by atoms with E-state index in [-0.39, 0.29) is 5.69 Å². The molecule has 0 amide bonds. The Morgan fingerprint density at radius 2 is 2.31 bits per heavy atom. The number of nitro benzene ring substituents is 1. The Labute approximate surface area is 101 Å². The van der Waals surface area contributed by atoms with Crippen molar-refractivity contribution in [2.75, 3.05) is 0 Å². The van der Waals surface area contributed by atoms with E-state index in [1.54, 1.807) is 18.3 Å². The number of benzene rings is 1. The lowest BCUT2D eigenvalue weighted by Gasteiger charge is -1.95. The number of nitrogens with zero attached hydrogens (tertiary/aromatic N) is 2. The summed E-state index contributed by atoms with van der Waals surface area (Å²) in [4.78, 5) is 15.3. The highest BCUT2D eigenvalue weighted by Crippen LogP contribution is 2.28. The zero-order valence-electron chi connectivity index (χ0n) is 8.09. The quantitative estimate of drug-likeness (QED) is 0.479. The third-order valence-electron chi connectivity index (χ3n) is 1.99. The number of aromatic nitrogens is 1. The summed E-state index contributed by atoms with van der Waals surface area (Å²) in [6, 6.07) is 6.41. The average molecular weight is 255 g/mol. The van der Waals surface area contributed by atoms with Gasteiger partial charge in [0.2, 0.25) is 0 Å². The maximum absolute atomic E-state index is 10.6. The molecular weight excluding hydrogens is 248 g/mol. The van der Waals surface area contributed by atoms with Crippen molar-refractivity contribution in [2.24, 2.45) is 0 Å². The van der Waals surface area contributed by atoms with Gasteiger partial charge in [0.25, 0.3) is 5.69 Å². The first-order valence-electron chi connectivity index (χ1n) is 4.46. The number of halogens is 1. The second kappa shape index (κ2) is 4.59. The predicted molar refractivity (Wildman–Crippen MR) is 63.8 cm³/mol. The molecule has 0 spiro atoms. The predicted octanol–water partition coefficient (Wildman–Crippen LogP) is 3.46. The fourth-order valence-corrected chi connectivity index (χ4v) is 2.25. The van der Waals surface area contributed by atoms with Gasteiger partial charge in [0.05, 0.1) is 10.8 Å². The van der Waals surface area contributed by atoms with E-state index in [0.717, 1.165) is 15.4 Å². The molecule has 0 atom stereocenters. The third-order valence-corrected chi connectivity index (χ3v) is 3.48. The molecule has 0 saturated heterocycles. The smallest absolute Gasteiger partial charge is 0.258 e. The molecule has 0 N–H and O–H groups in total. The average Bonchev–Trinajstić information content (AvgIpc) is 2.77. The molecule has 0 fully saturated rings. The molecule has 82 valence electrons. The first-order valence-corrected chi connectivity index (χ1v) is 5.81. The minimum Gasteiger partial charge on any atom is -0.258 e. The second-order valence-electron chi connectivity index (χ2n) is 3.07. The van der Waals surface area contributed by atoms with Gasteiger partial charge >= 0.3 is 0 Å². The van der Waals surface area contributed by atoms with Crippen LogP contribution in [0.1, 0.15) is 4.88 Å². The van der Waals surface area contributed by atoms with Gasteiger partial charge in [-0.1, -0.05) is 12.1 Å². The number of non-ortho nitro benzene ring substituents is 1. The lowest BCUT2D eigenvalue weighted by molar-refractivity contribution is -0.384. The van der Waals surface area contributed by atoms with Crippen molar-refractivity contribution in [2.45, 2.75) is 5.88 Å². The highest BCUT2D eigenvalue weighted by Gasteiger charge is 2.09. The summed E-state index contributed by atoms with van der Waals surface area (Å²) in [7, 11) is 0. The van der Waals surface area contributed by atoms with Crippen molar-refractivity contribution < 1.29 is 4.92 Å². The van der Waals surface area contributed by atoms with Crippen molar-refractivity contribution in [3.63, 3.8) is 0 Å². The standard InChI is InChI=1S/C10H7ClN2O2S/c11-5-9-6-12-10(16-9)7-2-1-3-8(4-7)13(14)15/h1-4,6H,5H2. The van der Waals surface area contributed by atoms with E-state index < -0.39 is 4.92 Å². The fraction of sp³-hybridized carbons (Fsp3) is 0.100. The minimum absolute atomic E-state index is 0.0696. The van der Waals surface area contributed by atoms with Crippen LogP contribution < -0.4 is 0 Å². The van der Waals surface area contributed by atoms with Gasteiger partial charge in [-0.3, -0.25) is 10.1 Å². The van der Waals surface area contributed by atoms with Gasteiger partial charge in [0.15, 0.2) is 0 Å². The zero-order valence-corrected chi connectivity index (χ0v) is 9.66. The molecule has 6 heteroatoms. The van der Waals surface area contributed by atoms with E-state index in [4.69, 9.17) is 11.6 Å². The maximum atomic E-state index is 10.6. The maximum Gasteiger partial charge on any atom is 0.270 e. The van der Waals surface area contributed by atoms with Crippen molar-refractivity contribution in [1.29, 1.82) is 0 Å². The van der Waals surface area contributed by atoms with Gasteiger partial charge in [-0.05, 0) is 0 Å². The SMILES string of the molecule is O=[N+]([O-])c1cccc(-c2ncc(CCl)s2)c1. The molecule has 1 aromatic carbocycles. The summed E-state index contributed by atoms with van der Waals surface area (Å²) in [5.74, 6) is 0.409. The molecule has 2 aromatic rings. The summed E-state index contributed by atoms with van der Waals surface area (Å²) in [5.41, 5.74) is 0.815. The molecule has 16 heavy (non-hydrogen) atoms. The Kier molecular flexibility index (Phi) is 3.17. The van der Waals surface area contributed by atoms with Gasteiger partial charge in [0.1, 0.15) is 5.01 Å². The highest BCUT2D eigenvalue weighted by molar-refractivity contribution is 7.15. The highest BCUT2D eigenvalue weighted by atomic mass is 35.5. The lowest BCUT2D eigenvalue weighted by atomic mass is 10.2. The van der Waals surface area contributed by atoms with Gasteiger partial charge in [-0.25, -0.2) is 4.98 Å². The molecule has 2 rings (SSSR count). The Hall–Kier alpha value is -1.46. The normalized spacial score (nSPS) is 10.3. The van der Waals surface area contributed by atoms with Crippen LogP contribution in [-0.4, -0.2) is 9.91 Å². The number of nitro groups is 1. The number of hydrogen-bond donors (Lipinski definition) is 0. The van der Waals surface area contributed by atoms with Crippen LogP contribution in [0.2, 0.25) is 0 Å². The molecule has 4 nitrogen and oxygen atoms in total. The molecule has 0 saturated carbocycles. The second-order valence-corrected chi connectivity index (χ2v) is 4.46. The molecule has 0 aliphatic heterocycles. The van der Waals surface area contributed by atoms with E-state index in [9.17, 15) is 10.1 Å². The molecule has 0 bridgehead atoms. The number of hydrogen-bond acceptors (Lipinski definition) is 4. The van der Waals surface area contributed by atoms with Gasteiger partial charge < -0.3 is 0 Å². The van der Waals surface area contributed by atoms with Crippen molar-refractivity contribution >= 4 is 28.6 Å². The van der Waals surface area contributed by atoms with Crippen LogP contribution in [0.5, 0.6) is 0 Å². The molecular formula is C10H7ClN2O2S. The molecule has 0 unspecified atom stereocenters. The van der Waals surface area contributed by atoms with Gasteiger partial charge in [-0.2, -0.15) is 0 Å². The van der Waals surface area contributed by atoms with E-state index >= 15 is 0 Å². The number of thiazole rings is 1. The summed E-state index contributed by atoms with van der Waals surface area (Å²) in [6.07, 6.45) is 1.69. The Morgan fingerprint density at radius 3 is 2.94 bits per heavy atom. The van der Waals surface area contributed by atoms with Crippen LogP contribution in [0.4, 0.5) is 5.69 Å². The van der Waals surface area contributed by atoms with Crippen LogP contribution in [-0.2, 0) is 5.88 Å². The largest absolute Gasteiger partial charge is 0.270 e. The van der Waals surface area contributed by atoms with E-state index in [0.29, 0.717) is 5.88 Å². The number of alkyl halides is 1. The Balaban J connectivity index is 2.40. The van der Waals surface area contributed by atoms with Crippen LogP contribution in [0.3, 0.4) is 0 Å². The summed E-state index contributed by atoms with van der Waals surface area (Å²) in [5, 5.41) is 11.4. The summed E-state index contributed by atoms with van der Waals surface area (Å²) >= 11 is 7.11. The zero-order chi connectivity index (χ0) is 11.5. The fourth-order valence-electron chi connectivity index (χ4n) is 1.26. The van der Waals surface area contributed by atoms with Crippen molar-refractivity contribution in [1.82, 2.24) is 4.98 Å². The van der Waals surface area contributed by atoms with E-state index in [2.05, 4.69) is 4.98 Å². The van der Waals surface area contributed by atoms with Crippen LogP contribution in [0.15, 0.2) is 30.5 Å². The Morgan fingerprint density at radius 1 is 1.50 bits per heavy atom. The Bertz CT molecular complexity index is 527. The number of rotatable bonds is 3. The van der Waals surface area contributed by atoms with Crippen LogP contribution >= 0.6 is 22.9 Å². The van der Waals surface area contributed by atoms with Gasteiger partial charge in [0, 0.05) is 28.8 Å². The molecule has 1 heterocycles. The molecule has 0 aliphatic carbocycles. The molecule has 0 aliphatic rings. The van der Waals surface area contributed by atoms with E-state index in [1.807, 2.05) is 0 Å². The monoisotopic (exact) mass is 254 g/mol. The summed E-state index contributed by atoms with van der Waals surface area (Å²) < 4.78 is 0. The van der Waals surface area contributed by atoms with Gasteiger partial charge in [-0.15, -0.1) is 22.9 Å². The van der Waals surface area contributed by atoms with Crippen LogP contribution in [0, 0.1) is 10.1 Å². The van der Waals surface area contributed by atoms with E-state index in [1.165, 1.54) is 23.5 Å². The lowest BCUT2D eigenvalue weighted by Crippen LogP contribution is -1.87. The molecule has 0 radical (unpaired) electrons. The minimum atomic E-state index is -0.417. The third kappa shape index (κ3) is 2.20. The molecule has 1 aromatic heterocycles. The summed E-state index contributed by atoms with van der Waals surface area (Å²) in [6.45, 7) is 0. The van der Waals surface area contributed by atoms with Crippen molar-refractivity contribution in [3.05, 3.63) is 45.5 Å². The first kappa shape index (κ1) is 11.0. The topological polar surface area (TPSA) is 56.0 Å². The van der Waals surface area contributed by atoms with Crippen molar-refractivity contribution in [3.8, 4) is 10.6 Å². The first-order chi connectivity index (χ1) is 7.70. The van der Waals surface area contributed by atoms with Crippen LogP contribution in [0.25, 0.3) is 10.6 Å².